The fourth-order valence-corrected chi connectivity index (χ4v) is 11.8. The number of hydrogen-bond donors (Lipinski definition) is 0. The van der Waals surface area contributed by atoms with Gasteiger partial charge in [0, 0.05) is 0 Å². The van der Waals surface area contributed by atoms with Crippen molar-refractivity contribution in [3.8, 4) is 0 Å². The van der Waals surface area contributed by atoms with Crippen molar-refractivity contribution in [1.82, 2.24) is 0 Å². The van der Waals surface area contributed by atoms with E-state index in [-0.39, 0.29) is 16.2 Å². The molecule has 1 unspecified atom stereocenters. The summed E-state index contributed by atoms with van der Waals surface area (Å²) in [6.07, 6.45) is 17.9. The Morgan fingerprint density at radius 1 is 0.826 bits per heavy atom. The molecule has 0 saturated carbocycles. The molecule has 3 aliphatic rings. The average molecular weight is 683 g/mol. The Kier molecular flexibility index (Phi) is 9.31. The van der Waals surface area contributed by atoms with Crippen molar-refractivity contribution in [2.24, 2.45) is 10.8 Å². The number of aryl methyl sites for hydroxylation is 1. The Labute approximate surface area is 289 Å². The molecule has 0 saturated heterocycles. The summed E-state index contributed by atoms with van der Waals surface area (Å²) < 4.78 is 3.25. The van der Waals surface area contributed by atoms with Gasteiger partial charge in [-0.15, -0.1) is 0 Å². The summed E-state index contributed by atoms with van der Waals surface area (Å²) in [6.45, 7) is 19.3. The third-order valence-corrected chi connectivity index (χ3v) is 14.3. The number of fused-ring (bicyclic) bond motifs is 2. The van der Waals surface area contributed by atoms with Crippen LogP contribution in [0.2, 0.25) is 0 Å². The first-order chi connectivity index (χ1) is 22.0. The van der Waals surface area contributed by atoms with E-state index < -0.39 is 22.8 Å². The van der Waals surface area contributed by atoms with Crippen LogP contribution in [-0.4, -0.2) is 3.21 Å². The van der Waals surface area contributed by atoms with Gasteiger partial charge >= 0.3 is 291 Å². The maximum absolute atomic E-state index is 2.65. The fourth-order valence-electron chi connectivity index (χ4n) is 7.93. The minimum absolute atomic E-state index is 0.0252. The molecule has 0 amide bonds. The van der Waals surface area contributed by atoms with Crippen molar-refractivity contribution in [3.05, 3.63) is 153 Å². The normalized spacial score (nSPS) is 18.9. The second-order valence-electron chi connectivity index (χ2n) is 15.5. The molecule has 3 aliphatic carbocycles. The van der Waals surface area contributed by atoms with Gasteiger partial charge in [0.1, 0.15) is 0 Å². The molecule has 46 heavy (non-hydrogen) atoms. The van der Waals surface area contributed by atoms with Crippen LogP contribution in [0.5, 0.6) is 0 Å². The molecule has 0 aliphatic heterocycles. The van der Waals surface area contributed by atoms with Crippen molar-refractivity contribution >= 4 is 12.1 Å². The molecule has 0 N–H and O–H groups in total. The van der Waals surface area contributed by atoms with Crippen LogP contribution in [0.15, 0.2) is 120 Å². The summed E-state index contributed by atoms with van der Waals surface area (Å²) in [5, 5.41) is 3.06. The van der Waals surface area contributed by atoms with Gasteiger partial charge in [-0.1, -0.05) is 0 Å². The quantitative estimate of drug-likeness (QED) is 0.222. The van der Waals surface area contributed by atoms with Gasteiger partial charge in [0.25, 0.3) is 0 Å². The van der Waals surface area contributed by atoms with Gasteiger partial charge in [-0.3, -0.25) is 0 Å². The van der Waals surface area contributed by atoms with E-state index in [4.69, 9.17) is 0 Å². The second-order valence-corrected chi connectivity index (χ2v) is 18.5. The van der Waals surface area contributed by atoms with E-state index in [1.807, 2.05) is 0 Å². The van der Waals surface area contributed by atoms with Crippen LogP contribution in [0.1, 0.15) is 103 Å². The molecule has 0 nitrogen and oxygen atoms in total. The third-order valence-electron chi connectivity index (χ3n) is 10.3. The zero-order valence-corrected chi connectivity index (χ0v) is 31.8. The Bertz CT molecular complexity index is 1870. The van der Waals surface area contributed by atoms with E-state index in [1.54, 1.807) is 17.6 Å². The molecule has 3 aromatic rings. The first-order valence-corrected chi connectivity index (χ1v) is 19.9. The molecule has 0 aromatic heterocycles. The van der Waals surface area contributed by atoms with Crippen molar-refractivity contribution < 1.29 is 22.8 Å². The summed E-state index contributed by atoms with van der Waals surface area (Å²) in [5.41, 5.74) is 12.1. The molecular formula is C45H51Zr. The SMILES string of the molecule is CCCc1cc(C(C)(C)C)cc2c1=C1C=CC(CCC)(C(C)(C)C)C(C3=CC=CC3)=C1[C]=2[Zr]=[C](c1ccccc1)c1ccccc1. The van der Waals surface area contributed by atoms with Crippen molar-refractivity contribution in [3.63, 3.8) is 0 Å². The van der Waals surface area contributed by atoms with Crippen LogP contribution in [0.4, 0.5) is 0 Å². The summed E-state index contributed by atoms with van der Waals surface area (Å²) in [4.78, 5) is 0. The van der Waals surface area contributed by atoms with Crippen LogP contribution in [0, 0.1) is 10.8 Å². The first kappa shape index (κ1) is 33.0. The molecule has 235 valence electrons. The summed E-state index contributed by atoms with van der Waals surface area (Å²) in [6, 6.07) is 27.7. The number of allylic oxidation sites excluding steroid dienone is 8. The maximum atomic E-state index is 2.65. The standard InChI is InChI=1S/C32H41.C13H10.Zr/c1-9-13-23-19-25(30(3,4)5)20-24-21-27-26(28(23)24)16-18-32(17-10-2,31(6,7)8)29(27)22-14-11-12-15-22;1-3-7-12(8-4-1)11-13-9-5-2-6-10-13;/h11-12,14,16,18-20H,9-10,13,15,17H2,1-8H3;1-10H;. The molecule has 0 spiro atoms. The minimum atomic E-state index is -1.36. The van der Waals surface area contributed by atoms with Crippen LogP contribution >= 0.6 is 0 Å². The van der Waals surface area contributed by atoms with Crippen molar-refractivity contribution in [2.45, 2.75) is 92.9 Å². The van der Waals surface area contributed by atoms with Crippen molar-refractivity contribution in [2.75, 3.05) is 0 Å². The van der Waals surface area contributed by atoms with Crippen molar-refractivity contribution in [1.29, 1.82) is 0 Å². The van der Waals surface area contributed by atoms with Gasteiger partial charge in [-0.05, 0) is 0 Å². The van der Waals surface area contributed by atoms with Crippen LogP contribution < -0.4 is 10.4 Å². The third kappa shape index (κ3) is 5.88. The summed E-state index contributed by atoms with van der Waals surface area (Å²) in [5.74, 6) is 0. The van der Waals surface area contributed by atoms with Crippen LogP contribution in [0.3, 0.4) is 0 Å². The van der Waals surface area contributed by atoms with Gasteiger partial charge in [0.2, 0.25) is 0 Å². The molecule has 0 radical (unpaired) electrons. The van der Waals surface area contributed by atoms with Gasteiger partial charge in [-0.2, -0.15) is 0 Å². The molecule has 1 atom stereocenters. The van der Waals surface area contributed by atoms with Gasteiger partial charge in [0.15, 0.2) is 0 Å². The fraction of sp³-hybridized carbons (Fsp3) is 0.356. The van der Waals surface area contributed by atoms with Crippen LogP contribution in [-0.2, 0) is 34.6 Å². The summed E-state index contributed by atoms with van der Waals surface area (Å²) in [7, 11) is 0. The topological polar surface area (TPSA) is 0 Å². The second kappa shape index (κ2) is 13.0. The van der Waals surface area contributed by atoms with E-state index in [9.17, 15) is 0 Å². The Balaban J connectivity index is 1.85. The predicted molar refractivity (Wildman–Crippen MR) is 196 cm³/mol. The molecule has 1 heteroatoms. The van der Waals surface area contributed by atoms with Gasteiger partial charge in [-0.25, -0.2) is 0 Å². The van der Waals surface area contributed by atoms with E-state index >= 15 is 0 Å². The van der Waals surface area contributed by atoms with E-state index in [0.717, 1.165) is 32.1 Å². The Hall–Kier alpha value is -2.89. The Morgan fingerprint density at radius 3 is 2.00 bits per heavy atom. The number of rotatable bonds is 8. The molecule has 0 bridgehead atoms. The van der Waals surface area contributed by atoms with Gasteiger partial charge in [0.05, 0.1) is 0 Å². The molecule has 6 rings (SSSR count). The van der Waals surface area contributed by atoms with Crippen LogP contribution in [0.25, 0.3) is 8.85 Å². The number of hydrogen-bond acceptors (Lipinski definition) is 0. The number of benzene rings is 3. The van der Waals surface area contributed by atoms with E-state index in [1.165, 1.54) is 43.8 Å². The summed E-state index contributed by atoms with van der Waals surface area (Å²) >= 11 is -1.36. The molecular weight excluding hydrogens is 632 g/mol. The van der Waals surface area contributed by atoms with E-state index in [2.05, 4.69) is 159 Å². The monoisotopic (exact) mass is 681 g/mol. The van der Waals surface area contributed by atoms with E-state index in [0.29, 0.717) is 0 Å². The Morgan fingerprint density at radius 2 is 1.48 bits per heavy atom. The predicted octanol–water partition coefficient (Wildman–Crippen LogP) is 10.1. The molecule has 3 aromatic carbocycles. The molecule has 0 heterocycles. The zero-order valence-electron chi connectivity index (χ0n) is 29.4. The van der Waals surface area contributed by atoms with Gasteiger partial charge < -0.3 is 0 Å². The first-order valence-electron chi connectivity index (χ1n) is 17.5. The zero-order chi connectivity index (χ0) is 32.7. The molecule has 0 fully saturated rings. The average Bonchev–Trinajstić information content (AvgIpc) is 3.67.